The van der Waals surface area contributed by atoms with Crippen LogP contribution in [-0.4, -0.2) is 34.4 Å². The van der Waals surface area contributed by atoms with Gasteiger partial charge in [-0.2, -0.15) is 0 Å². The molecule has 0 saturated carbocycles. The Kier molecular flexibility index (Phi) is 5.69. The molecule has 5 heteroatoms. The molecule has 0 radical (unpaired) electrons. The quantitative estimate of drug-likeness (QED) is 0.770. The number of amides is 1. The summed E-state index contributed by atoms with van der Waals surface area (Å²) in [4.78, 5) is 21.6. The van der Waals surface area contributed by atoms with Gasteiger partial charge in [0.25, 0.3) is 5.91 Å². The molecule has 2 aromatic rings. The number of rotatable bonds is 6. The van der Waals surface area contributed by atoms with E-state index in [1.54, 1.807) is 11.9 Å². The third-order valence-electron chi connectivity index (χ3n) is 3.22. The van der Waals surface area contributed by atoms with Gasteiger partial charge in [-0.15, -0.1) is 0 Å². The van der Waals surface area contributed by atoms with Gasteiger partial charge in [-0.1, -0.05) is 41.9 Å². The van der Waals surface area contributed by atoms with Gasteiger partial charge in [0.1, 0.15) is 10.8 Å². The molecule has 0 bridgehead atoms. The topological polar surface area (TPSA) is 46.1 Å². The first kappa shape index (κ1) is 15.4. The van der Waals surface area contributed by atoms with E-state index in [0.29, 0.717) is 6.54 Å². The molecule has 0 atom stereocenters. The van der Waals surface area contributed by atoms with Crippen molar-refractivity contribution in [2.45, 2.75) is 19.3 Å². The van der Waals surface area contributed by atoms with Crippen molar-refractivity contribution < 1.29 is 4.79 Å². The van der Waals surface area contributed by atoms with Crippen LogP contribution in [-0.2, 0) is 6.42 Å². The molecule has 0 N–H and O–H groups in total. The molecule has 110 valence electrons. The van der Waals surface area contributed by atoms with Crippen molar-refractivity contribution in [3.05, 3.63) is 59.1 Å². The van der Waals surface area contributed by atoms with Crippen LogP contribution < -0.4 is 0 Å². The molecule has 21 heavy (non-hydrogen) atoms. The Balaban J connectivity index is 1.76. The first-order valence-electron chi connectivity index (χ1n) is 6.94. The van der Waals surface area contributed by atoms with E-state index < -0.39 is 0 Å². The number of carbonyl (C=O) groups is 1. The summed E-state index contributed by atoms with van der Waals surface area (Å²) in [5, 5.41) is 0.235. The molecule has 0 saturated heterocycles. The smallest absolute Gasteiger partial charge is 0.273 e. The van der Waals surface area contributed by atoms with Crippen molar-refractivity contribution in [2.24, 2.45) is 0 Å². The maximum atomic E-state index is 12.1. The van der Waals surface area contributed by atoms with Gasteiger partial charge in [0.05, 0.1) is 12.4 Å². The predicted molar refractivity (Wildman–Crippen MR) is 83.4 cm³/mol. The summed E-state index contributed by atoms with van der Waals surface area (Å²) in [6.07, 6.45) is 5.88. The molecule has 4 nitrogen and oxygen atoms in total. The van der Waals surface area contributed by atoms with Crippen LogP contribution in [0.15, 0.2) is 42.7 Å². The second kappa shape index (κ2) is 7.74. The highest BCUT2D eigenvalue weighted by atomic mass is 35.5. The highest BCUT2D eigenvalue weighted by Gasteiger charge is 2.13. The van der Waals surface area contributed by atoms with Crippen LogP contribution in [0, 0.1) is 0 Å². The van der Waals surface area contributed by atoms with Crippen molar-refractivity contribution >= 4 is 17.5 Å². The Labute approximate surface area is 129 Å². The molecule has 0 spiro atoms. The van der Waals surface area contributed by atoms with Crippen molar-refractivity contribution in [1.29, 1.82) is 0 Å². The maximum Gasteiger partial charge on any atom is 0.273 e. The van der Waals surface area contributed by atoms with E-state index in [4.69, 9.17) is 11.6 Å². The van der Waals surface area contributed by atoms with Crippen LogP contribution in [0.5, 0.6) is 0 Å². The number of aromatic nitrogens is 2. The highest BCUT2D eigenvalue weighted by Crippen LogP contribution is 2.08. The second-order valence-electron chi connectivity index (χ2n) is 4.90. The van der Waals surface area contributed by atoms with Gasteiger partial charge in [0, 0.05) is 13.6 Å². The monoisotopic (exact) mass is 303 g/mol. The summed E-state index contributed by atoms with van der Waals surface area (Å²) < 4.78 is 0. The molecular weight excluding hydrogens is 286 g/mol. The number of hydrogen-bond donors (Lipinski definition) is 0. The number of carbonyl (C=O) groups excluding carboxylic acids is 1. The van der Waals surface area contributed by atoms with Gasteiger partial charge < -0.3 is 4.90 Å². The number of benzene rings is 1. The van der Waals surface area contributed by atoms with Crippen LogP contribution in [0.1, 0.15) is 28.9 Å². The minimum Gasteiger partial charge on any atom is -0.340 e. The van der Waals surface area contributed by atoms with Crippen LogP contribution in [0.3, 0.4) is 0 Å². The van der Waals surface area contributed by atoms with Gasteiger partial charge in [-0.3, -0.25) is 9.78 Å². The average molecular weight is 304 g/mol. The number of hydrogen-bond acceptors (Lipinski definition) is 3. The largest absolute Gasteiger partial charge is 0.340 e. The molecule has 1 heterocycles. The van der Waals surface area contributed by atoms with Crippen LogP contribution in [0.25, 0.3) is 0 Å². The summed E-state index contributed by atoms with van der Waals surface area (Å²) in [6, 6.07) is 10.3. The van der Waals surface area contributed by atoms with E-state index in [2.05, 4.69) is 22.1 Å². The average Bonchev–Trinajstić information content (AvgIpc) is 2.51. The summed E-state index contributed by atoms with van der Waals surface area (Å²) in [7, 11) is 1.77. The summed E-state index contributed by atoms with van der Waals surface area (Å²) in [6.45, 7) is 0.694. The SMILES string of the molecule is CN(CCCCc1ccccc1)C(=O)c1cncc(Cl)n1. The van der Waals surface area contributed by atoms with Gasteiger partial charge in [0.15, 0.2) is 0 Å². The van der Waals surface area contributed by atoms with E-state index in [0.717, 1.165) is 19.3 Å². The van der Waals surface area contributed by atoms with Crippen LogP contribution in [0.4, 0.5) is 0 Å². The molecule has 2 rings (SSSR count). The molecule has 0 aliphatic heterocycles. The first-order valence-corrected chi connectivity index (χ1v) is 7.31. The van der Waals surface area contributed by atoms with Crippen LogP contribution in [0.2, 0.25) is 5.15 Å². The summed E-state index contributed by atoms with van der Waals surface area (Å²) in [5.74, 6) is -0.148. The molecule has 0 aliphatic rings. The standard InChI is InChI=1S/C16H18ClN3O/c1-20(16(21)14-11-18-12-15(17)19-14)10-6-5-9-13-7-3-2-4-8-13/h2-4,7-8,11-12H,5-6,9-10H2,1H3. The Morgan fingerprint density at radius 3 is 2.67 bits per heavy atom. The van der Waals surface area contributed by atoms with E-state index in [1.807, 2.05) is 18.2 Å². The fourth-order valence-corrected chi connectivity index (χ4v) is 2.21. The number of halogens is 1. The Bertz CT molecular complexity index is 589. The van der Waals surface area contributed by atoms with Crippen molar-refractivity contribution in [2.75, 3.05) is 13.6 Å². The lowest BCUT2D eigenvalue weighted by atomic mass is 10.1. The summed E-state index contributed by atoms with van der Waals surface area (Å²) in [5.41, 5.74) is 1.61. The molecule has 0 aliphatic carbocycles. The van der Waals surface area contributed by atoms with Gasteiger partial charge in [-0.25, -0.2) is 4.98 Å². The lowest BCUT2D eigenvalue weighted by Crippen LogP contribution is -2.28. The van der Waals surface area contributed by atoms with E-state index in [9.17, 15) is 4.79 Å². The normalized spacial score (nSPS) is 10.4. The second-order valence-corrected chi connectivity index (χ2v) is 5.28. The lowest BCUT2D eigenvalue weighted by molar-refractivity contribution is 0.0786. The molecule has 1 amide bonds. The van der Waals surface area contributed by atoms with Crippen molar-refractivity contribution in [1.82, 2.24) is 14.9 Å². The minimum atomic E-state index is -0.148. The zero-order valence-electron chi connectivity index (χ0n) is 12.0. The molecule has 0 unspecified atom stereocenters. The predicted octanol–water partition coefficient (Wildman–Crippen LogP) is 3.22. The Morgan fingerprint density at radius 1 is 1.19 bits per heavy atom. The Morgan fingerprint density at radius 2 is 1.95 bits per heavy atom. The maximum absolute atomic E-state index is 12.1. The molecular formula is C16H18ClN3O. The fourth-order valence-electron chi connectivity index (χ4n) is 2.07. The molecule has 0 fully saturated rings. The van der Waals surface area contributed by atoms with E-state index in [1.165, 1.54) is 18.0 Å². The summed E-state index contributed by atoms with van der Waals surface area (Å²) >= 11 is 5.74. The third kappa shape index (κ3) is 4.83. The number of nitrogens with zero attached hydrogens (tertiary/aromatic N) is 3. The third-order valence-corrected chi connectivity index (χ3v) is 3.40. The number of aryl methyl sites for hydroxylation is 1. The Hall–Kier alpha value is -1.94. The molecule has 1 aromatic heterocycles. The van der Waals surface area contributed by atoms with E-state index >= 15 is 0 Å². The zero-order valence-corrected chi connectivity index (χ0v) is 12.8. The first-order chi connectivity index (χ1) is 10.2. The van der Waals surface area contributed by atoms with Gasteiger partial charge in [0.2, 0.25) is 0 Å². The molecule has 1 aromatic carbocycles. The lowest BCUT2D eigenvalue weighted by Gasteiger charge is -2.16. The van der Waals surface area contributed by atoms with Crippen molar-refractivity contribution in [3.63, 3.8) is 0 Å². The highest BCUT2D eigenvalue weighted by molar-refractivity contribution is 6.29. The zero-order chi connectivity index (χ0) is 15.1. The van der Waals surface area contributed by atoms with Gasteiger partial charge in [-0.05, 0) is 24.8 Å². The van der Waals surface area contributed by atoms with Crippen molar-refractivity contribution in [3.8, 4) is 0 Å². The number of unbranched alkanes of at least 4 members (excludes halogenated alkanes) is 1. The van der Waals surface area contributed by atoms with Gasteiger partial charge >= 0.3 is 0 Å². The van der Waals surface area contributed by atoms with E-state index in [-0.39, 0.29) is 16.8 Å². The van der Waals surface area contributed by atoms with Crippen LogP contribution >= 0.6 is 11.6 Å². The fraction of sp³-hybridized carbons (Fsp3) is 0.312. The minimum absolute atomic E-state index is 0.148.